The van der Waals surface area contributed by atoms with E-state index in [4.69, 9.17) is 9.47 Å². The molecule has 1 saturated heterocycles. The standard InChI is InChI=1S/C26H37N5O5S/c1-35-23-9-5-4-7-19(23)15-30(17-24(32)29-22(10-12-37-3)26(34)36-2)16-21-8-6-11-31(21)25(33)13-20-14-27-18-28-20/h4-5,7,9,14,18,21-22H,6,8,10-13,15-17H2,1-3H3,(H,27,28)(H,29,32)/t21-,22?/m0/s1. The second-order valence-electron chi connectivity index (χ2n) is 9.04. The molecule has 0 spiro atoms. The number of carbonyl (C=O) groups is 3. The van der Waals surface area contributed by atoms with Gasteiger partial charge in [-0.05, 0) is 37.3 Å². The van der Waals surface area contributed by atoms with Crippen molar-refractivity contribution in [2.45, 2.75) is 44.3 Å². The molecule has 1 aromatic heterocycles. The zero-order valence-corrected chi connectivity index (χ0v) is 22.6. The zero-order chi connectivity index (χ0) is 26.6. The fourth-order valence-electron chi connectivity index (χ4n) is 4.63. The molecule has 2 N–H and O–H groups in total. The number of carbonyl (C=O) groups excluding carboxylic acids is 3. The largest absolute Gasteiger partial charge is 0.496 e. The van der Waals surface area contributed by atoms with Crippen LogP contribution in [-0.4, -0.2) is 95.5 Å². The van der Waals surface area contributed by atoms with Crippen molar-refractivity contribution in [1.82, 2.24) is 25.1 Å². The molecule has 0 bridgehead atoms. The minimum atomic E-state index is -0.697. The Morgan fingerprint density at radius 2 is 2.11 bits per heavy atom. The lowest BCUT2D eigenvalue weighted by Gasteiger charge is -2.31. The summed E-state index contributed by atoms with van der Waals surface area (Å²) >= 11 is 1.60. The van der Waals surface area contributed by atoms with Gasteiger partial charge < -0.3 is 24.7 Å². The Morgan fingerprint density at radius 3 is 2.81 bits per heavy atom. The second-order valence-corrected chi connectivity index (χ2v) is 10.0. The fraction of sp³-hybridized carbons (Fsp3) is 0.538. The number of rotatable bonds is 14. The lowest BCUT2D eigenvalue weighted by molar-refractivity contribution is -0.145. The highest BCUT2D eigenvalue weighted by molar-refractivity contribution is 7.98. The number of hydrogen-bond donors (Lipinski definition) is 2. The molecule has 202 valence electrons. The number of amides is 2. The first-order valence-electron chi connectivity index (χ1n) is 12.4. The minimum absolute atomic E-state index is 0.0224. The molecule has 2 aromatic rings. The quantitative estimate of drug-likeness (QED) is 0.355. The van der Waals surface area contributed by atoms with Crippen LogP contribution in [0.25, 0.3) is 0 Å². The first kappa shape index (κ1) is 28.5. The fourth-order valence-corrected chi connectivity index (χ4v) is 5.10. The predicted molar refractivity (Wildman–Crippen MR) is 142 cm³/mol. The number of thioether (sulfide) groups is 1. The third kappa shape index (κ3) is 8.50. The average molecular weight is 532 g/mol. The summed E-state index contributed by atoms with van der Waals surface area (Å²) in [6, 6.07) is 6.97. The molecule has 37 heavy (non-hydrogen) atoms. The Labute approximate surface area is 222 Å². The van der Waals surface area contributed by atoms with Crippen molar-refractivity contribution in [1.29, 1.82) is 0 Å². The normalized spacial score (nSPS) is 16.0. The molecule has 2 atom stereocenters. The number of ether oxygens (including phenoxy) is 2. The van der Waals surface area contributed by atoms with Gasteiger partial charge in [-0.15, -0.1) is 0 Å². The number of methoxy groups -OCH3 is 2. The Morgan fingerprint density at radius 1 is 1.30 bits per heavy atom. The van der Waals surface area contributed by atoms with E-state index < -0.39 is 12.0 Å². The average Bonchev–Trinajstić information content (AvgIpc) is 3.58. The first-order chi connectivity index (χ1) is 17.9. The van der Waals surface area contributed by atoms with Gasteiger partial charge in [0.05, 0.1) is 33.5 Å². The zero-order valence-electron chi connectivity index (χ0n) is 21.8. The van der Waals surface area contributed by atoms with Crippen LogP contribution in [-0.2, 0) is 32.1 Å². The summed E-state index contributed by atoms with van der Waals surface area (Å²) in [5.41, 5.74) is 1.72. The van der Waals surface area contributed by atoms with E-state index in [1.165, 1.54) is 7.11 Å². The van der Waals surface area contributed by atoms with Crippen LogP contribution in [0.15, 0.2) is 36.8 Å². The van der Waals surface area contributed by atoms with Crippen molar-refractivity contribution in [2.75, 3.05) is 45.9 Å². The van der Waals surface area contributed by atoms with Crippen LogP contribution in [0.3, 0.4) is 0 Å². The van der Waals surface area contributed by atoms with Gasteiger partial charge in [0.1, 0.15) is 11.8 Å². The first-order valence-corrected chi connectivity index (χ1v) is 13.8. The third-order valence-electron chi connectivity index (χ3n) is 6.45. The molecule has 10 nitrogen and oxygen atoms in total. The number of aromatic amines is 1. The summed E-state index contributed by atoms with van der Waals surface area (Å²) in [7, 11) is 2.94. The summed E-state index contributed by atoms with van der Waals surface area (Å²) in [6.45, 7) is 1.74. The number of imidazole rings is 1. The van der Waals surface area contributed by atoms with Crippen LogP contribution in [0.5, 0.6) is 5.75 Å². The molecule has 2 heterocycles. The van der Waals surface area contributed by atoms with Gasteiger partial charge in [0, 0.05) is 43.1 Å². The number of H-pyrrole nitrogens is 1. The Kier molecular flexibility index (Phi) is 11.3. The van der Waals surface area contributed by atoms with Gasteiger partial charge in [-0.1, -0.05) is 18.2 Å². The number of nitrogens with zero attached hydrogens (tertiary/aromatic N) is 3. The van der Waals surface area contributed by atoms with Crippen molar-refractivity contribution in [2.24, 2.45) is 0 Å². The second kappa shape index (κ2) is 14.6. The topological polar surface area (TPSA) is 117 Å². The molecular formula is C26H37N5O5S. The van der Waals surface area contributed by atoms with Crippen LogP contribution in [0.1, 0.15) is 30.5 Å². The van der Waals surface area contributed by atoms with Crippen LogP contribution in [0.2, 0.25) is 0 Å². The molecule has 1 unspecified atom stereocenters. The smallest absolute Gasteiger partial charge is 0.328 e. The molecule has 11 heteroatoms. The molecule has 1 aliphatic heterocycles. The van der Waals surface area contributed by atoms with Crippen LogP contribution in [0, 0.1) is 0 Å². The molecule has 1 fully saturated rings. The molecular weight excluding hydrogens is 494 g/mol. The molecule has 1 aliphatic rings. The third-order valence-corrected chi connectivity index (χ3v) is 7.09. The van der Waals surface area contributed by atoms with E-state index in [-0.39, 0.29) is 30.8 Å². The van der Waals surface area contributed by atoms with Crippen molar-refractivity contribution in [3.8, 4) is 5.75 Å². The van der Waals surface area contributed by atoms with Gasteiger partial charge in [0.15, 0.2) is 0 Å². The molecule has 0 aliphatic carbocycles. The van der Waals surface area contributed by atoms with Crippen molar-refractivity contribution in [3.05, 3.63) is 48.0 Å². The van der Waals surface area contributed by atoms with E-state index in [0.29, 0.717) is 26.1 Å². The number of likely N-dealkylation sites (tertiary alicyclic amines) is 1. The summed E-state index contributed by atoms with van der Waals surface area (Å²) < 4.78 is 10.4. The van der Waals surface area contributed by atoms with Crippen molar-refractivity contribution >= 4 is 29.5 Å². The minimum Gasteiger partial charge on any atom is -0.496 e. The van der Waals surface area contributed by atoms with Crippen molar-refractivity contribution < 1.29 is 23.9 Å². The van der Waals surface area contributed by atoms with E-state index in [0.717, 1.165) is 35.6 Å². The van der Waals surface area contributed by atoms with Crippen LogP contribution in [0.4, 0.5) is 0 Å². The van der Waals surface area contributed by atoms with E-state index >= 15 is 0 Å². The van der Waals surface area contributed by atoms with Gasteiger partial charge in [0.25, 0.3) is 0 Å². The van der Waals surface area contributed by atoms with E-state index in [2.05, 4.69) is 15.3 Å². The van der Waals surface area contributed by atoms with E-state index in [1.54, 1.807) is 31.4 Å². The highest BCUT2D eigenvalue weighted by Gasteiger charge is 2.31. The Balaban J connectivity index is 1.73. The number of para-hydroxylation sites is 1. The summed E-state index contributed by atoms with van der Waals surface area (Å²) in [6.07, 6.45) is 7.70. The highest BCUT2D eigenvalue weighted by Crippen LogP contribution is 2.23. The van der Waals surface area contributed by atoms with Crippen molar-refractivity contribution in [3.63, 3.8) is 0 Å². The van der Waals surface area contributed by atoms with Gasteiger partial charge in [-0.2, -0.15) is 11.8 Å². The highest BCUT2D eigenvalue weighted by atomic mass is 32.2. The maximum atomic E-state index is 13.1. The Hall–Kier alpha value is -3.05. The molecule has 0 saturated carbocycles. The Bertz CT molecular complexity index is 1020. The molecule has 0 radical (unpaired) electrons. The van der Waals surface area contributed by atoms with E-state index in [1.807, 2.05) is 40.3 Å². The SMILES string of the molecule is COC(=O)C(CCSC)NC(=O)CN(Cc1ccccc1OC)C[C@@H]1CCCN1C(=O)Cc1cnc[nH]1. The number of esters is 1. The van der Waals surface area contributed by atoms with Gasteiger partial charge in [-0.3, -0.25) is 14.5 Å². The predicted octanol–water partition coefficient (Wildman–Crippen LogP) is 1.86. The van der Waals surface area contributed by atoms with Crippen LogP contribution >= 0.6 is 11.8 Å². The van der Waals surface area contributed by atoms with Gasteiger partial charge >= 0.3 is 5.97 Å². The lowest BCUT2D eigenvalue weighted by Crippen LogP contribution is -2.49. The monoisotopic (exact) mass is 531 g/mol. The summed E-state index contributed by atoms with van der Waals surface area (Å²) in [5, 5.41) is 2.84. The number of hydrogen-bond acceptors (Lipinski definition) is 8. The maximum absolute atomic E-state index is 13.1. The van der Waals surface area contributed by atoms with E-state index in [9.17, 15) is 14.4 Å². The van der Waals surface area contributed by atoms with Gasteiger partial charge in [0.2, 0.25) is 11.8 Å². The van der Waals surface area contributed by atoms with Crippen LogP contribution < -0.4 is 10.1 Å². The maximum Gasteiger partial charge on any atom is 0.328 e. The summed E-state index contributed by atoms with van der Waals surface area (Å²) in [5.74, 6) is 0.778. The summed E-state index contributed by atoms with van der Waals surface area (Å²) in [4.78, 5) is 49.3. The van der Waals surface area contributed by atoms with Gasteiger partial charge in [-0.25, -0.2) is 9.78 Å². The molecule has 3 rings (SSSR count). The number of benzene rings is 1. The molecule has 1 aromatic carbocycles. The lowest BCUT2D eigenvalue weighted by atomic mass is 10.1. The molecule has 2 amide bonds. The number of nitrogens with one attached hydrogen (secondary N) is 2. The number of aromatic nitrogens is 2.